The van der Waals surface area contributed by atoms with Gasteiger partial charge in [-0.25, -0.2) is 0 Å². The van der Waals surface area contributed by atoms with E-state index in [2.05, 4.69) is 83.8 Å². The fourth-order valence-corrected chi connectivity index (χ4v) is 6.87. The van der Waals surface area contributed by atoms with Gasteiger partial charge in [-0.15, -0.1) is 0 Å². The lowest BCUT2D eigenvalue weighted by atomic mass is 10.0. The standard InChI is InChI=1S/C33H39N7O2/c1-4-31(41)40-17-16-39(20-25(40)12-14-34)32-28-13-15-38(30-11-7-9-24-8-5-6-10-27(24)30)21-29(28)35-33(36-32)42-22-26-18-23(2)19-37(26)3/h4-11,23,25-26H,1,12-13,15-22H2,2-3H3/t23-,25?,26+/m0/s1. The summed E-state index contributed by atoms with van der Waals surface area (Å²) in [7, 11) is 2.15. The molecule has 9 nitrogen and oxygen atoms in total. The van der Waals surface area contributed by atoms with E-state index in [0.29, 0.717) is 50.8 Å². The predicted octanol–water partition coefficient (Wildman–Crippen LogP) is 4.03. The summed E-state index contributed by atoms with van der Waals surface area (Å²) in [6, 6.07) is 17.7. The number of aromatic nitrogens is 2. The molecule has 3 atom stereocenters. The van der Waals surface area contributed by atoms with Crippen molar-refractivity contribution in [2.75, 3.05) is 56.2 Å². The van der Waals surface area contributed by atoms with Crippen LogP contribution >= 0.6 is 0 Å². The zero-order valence-corrected chi connectivity index (χ0v) is 24.6. The highest BCUT2D eigenvalue weighted by atomic mass is 16.5. The van der Waals surface area contributed by atoms with Gasteiger partial charge in [-0.05, 0) is 43.3 Å². The molecule has 0 bridgehead atoms. The van der Waals surface area contributed by atoms with Crippen molar-refractivity contribution in [1.29, 1.82) is 5.26 Å². The molecule has 1 unspecified atom stereocenters. The zero-order chi connectivity index (χ0) is 29.2. The number of nitriles is 1. The molecule has 0 saturated carbocycles. The van der Waals surface area contributed by atoms with Gasteiger partial charge in [0.1, 0.15) is 12.4 Å². The van der Waals surface area contributed by atoms with Crippen molar-refractivity contribution in [3.8, 4) is 12.1 Å². The van der Waals surface area contributed by atoms with Crippen molar-refractivity contribution >= 4 is 28.2 Å². The van der Waals surface area contributed by atoms with Crippen molar-refractivity contribution in [3.05, 3.63) is 66.4 Å². The first-order chi connectivity index (χ1) is 20.4. The van der Waals surface area contributed by atoms with Gasteiger partial charge in [0.2, 0.25) is 5.91 Å². The lowest BCUT2D eigenvalue weighted by Gasteiger charge is -2.42. The number of benzene rings is 2. The molecule has 3 aliphatic rings. The quantitative estimate of drug-likeness (QED) is 0.397. The summed E-state index contributed by atoms with van der Waals surface area (Å²) in [5.74, 6) is 1.38. The maximum absolute atomic E-state index is 12.5. The van der Waals surface area contributed by atoms with Gasteiger partial charge in [-0.3, -0.25) is 9.69 Å². The smallest absolute Gasteiger partial charge is 0.318 e. The second-order valence-corrected chi connectivity index (χ2v) is 11.9. The minimum absolute atomic E-state index is 0.135. The maximum atomic E-state index is 12.5. The van der Waals surface area contributed by atoms with Crippen LogP contribution in [-0.4, -0.2) is 84.1 Å². The number of hydrogen-bond donors (Lipinski definition) is 0. The van der Waals surface area contributed by atoms with Gasteiger partial charge < -0.3 is 19.4 Å². The number of likely N-dealkylation sites (tertiary alicyclic amines) is 1. The zero-order valence-electron chi connectivity index (χ0n) is 24.6. The van der Waals surface area contributed by atoms with Gasteiger partial charge in [0, 0.05) is 55.4 Å². The number of carbonyl (C=O) groups is 1. The Morgan fingerprint density at radius 3 is 2.71 bits per heavy atom. The van der Waals surface area contributed by atoms with Crippen molar-refractivity contribution in [2.45, 2.75) is 44.8 Å². The van der Waals surface area contributed by atoms with Gasteiger partial charge in [0.05, 0.1) is 30.8 Å². The van der Waals surface area contributed by atoms with E-state index in [0.717, 1.165) is 43.0 Å². The number of carbonyl (C=O) groups excluding carboxylic acids is 1. The molecule has 2 saturated heterocycles. The Hall–Kier alpha value is -4.16. The third-order valence-corrected chi connectivity index (χ3v) is 9.00. The molecule has 1 aromatic heterocycles. The Balaban J connectivity index is 1.32. The normalized spacial score (nSPS) is 22.6. The molecule has 0 aliphatic carbocycles. The number of anilines is 2. The van der Waals surface area contributed by atoms with Crippen LogP contribution < -0.4 is 14.5 Å². The topological polar surface area (TPSA) is 88.8 Å². The Kier molecular flexibility index (Phi) is 7.98. The minimum atomic E-state index is -0.228. The van der Waals surface area contributed by atoms with Crippen LogP contribution in [0.2, 0.25) is 0 Å². The molecule has 3 aromatic rings. The Bertz CT molecular complexity index is 1510. The lowest BCUT2D eigenvalue weighted by Crippen LogP contribution is -2.55. The van der Waals surface area contributed by atoms with E-state index in [9.17, 15) is 10.1 Å². The number of ether oxygens (including phenoxy) is 1. The van der Waals surface area contributed by atoms with Crippen LogP contribution in [0, 0.1) is 17.2 Å². The number of hydrogen-bond acceptors (Lipinski definition) is 8. The van der Waals surface area contributed by atoms with Crippen molar-refractivity contribution in [3.63, 3.8) is 0 Å². The fraction of sp³-hybridized carbons (Fsp3) is 0.455. The highest BCUT2D eigenvalue weighted by Crippen LogP contribution is 2.35. The first-order valence-corrected chi connectivity index (χ1v) is 15.0. The lowest BCUT2D eigenvalue weighted by molar-refractivity contribution is -0.128. The van der Waals surface area contributed by atoms with Gasteiger partial charge >= 0.3 is 6.01 Å². The molecule has 6 rings (SSSR count). The van der Waals surface area contributed by atoms with Crippen molar-refractivity contribution in [2.24, 2.45) is 5.92 Å². The van der Waals surface area contributed by atoms with Crippen LogP contribution in [0.3, 0.4) is 0 Å². The maximum Gasteiger partial charge on any atom is 0.318 e. The number of fused-ring (bicyclic) bond motifs is 2. The Labute approximate surface area is 248 Å². The third-order valence-electron chi connectivity index (χ3n) is 9.00. The monoisotopic (exact) mass is 565 g/mol. The highest BCUT2D eigenvalue weighted by Gasteiger charge is 2.34. The molecule has 4 heterocycles. The number of nitrogens with zero attached hydrogens (tertiary/aromatic N) is 7. The summed E-state index contributed by atoms with van der Waals surface area (Å²) in [6.45, 7) is 10.7. The Morgan fingerprint density at radius 2 is 1.93 bits per heavy atom. The summed E-state index contributed by atoms with van der Waals surface area (Å²) in [6.07, 6.45) is 3.49. The largest absolute Gasteiger partial charge is 0.462 e. The minimum Gasteiger partial charge on any atom is -0.462 e. The second kappa shape index (κ2) is 12.0. The fourth-order valence-electron chi connectivity index (χ4n) is 6.87. The summed E-state index contributed by atoms with van der Waals surface area (Å²) in [5, 5.41) is 12.0. The van der Waals surface area contributed by atoms with E-state index in [4.69, 9.17) is 14.7 Å². The van der Waals surface area contributed by atoms with Crippen LogP contribution in [0.25, 0.3) is 10.8 Å². The first kappa shape index (κ1) is 28.0. The van der Waals surface area contributed by atoms with Gasteiger partial charge in [-0.1, -0.05) is 49.9 Å². The molecule has 0 N–H and O–H groups in total. The molecule has 0 spiro atoms. The van der Waals surface area contributed by atoms with Gasteiger partial charge in [-0.2, -0.15) is 15.2 Å². The molecule has 9 heteroatoms. The van der Waals surface area contributed by atoms with Crippen LogP contribution in [0.5, 0.6) is 6.01 Å². The molecular weight excluding hydrogens is 526 g/mol. The number of rotatable bonds is 7. The molecule has 218 valence electrons. The average Bonchev–Trinajstić information content (AvgIpc) is 3.34. The first-order valence-electron chi connectivity index (χ1n) is 15.0. The van der Waals surface area contributed by atoms with Crippen LogP contribution in [0.15, 0.2) is 55.1 Å². The van der Waals surface area contributed by atoms with Gasteiger partial charge in [0.25, 0.3) is 0 Å². The summed E-state index contributed by atoms with van der Waals surface area (Å²) in [4.78, 5) is 31.3. The average molecular weight is 566 g/mol. The molecular formula is C33H39N7O2. The Morgan fingerprint density at radius 1 is 1.10 bits per heavy atom. The van der Waals surface area contributed by atoms with E-state index >= 15 is 0 Å². The van der Waals surface area contributed by atoms with E-state index in [1.165, 1.54) is 22.5 Å². The molecule has 3 aliphatic heterocycles. The SMILES string of the molecule is C=CC(=O)N1CCN(c2nc(OC[C@H]3C[C@H](C)CN3C)nc3c2CCN(c2cccc4ccccc24)C3)CC1CC#N. The van der Waals surface area contributed by atoms with E-state index in [-0.39, 0.29) is 18.4 Å². The van der Waals surface area contributed by atoms with Crippen molar-refractivity contribution < 1.29 is 9.53 Å². The highest BCUT2D eigenvalue weighted by molar-refractivity contribution is 5.94. The van der Waals surface area contributed by atoms with Crippen LogP contribution in [0.1, 0.15) is 31.0 Å². The van der Waals surface area contributed by atoms with E-state index < -0.39 is 0 Å². The summed E-state index contributed by atoms with van der Waals surface area (Å²) in [5.41, 5.74) is 3.31. The summed E-state index contributed by atoms with van der Waals surface area (Å²) >= 11 is 0. The molecule has 1 amide bonds. The molecule has 0 radical (unpaired) electrons. The van der Waals surface area contributed by atoms with E-state index in [1.54, 1.807) is 4.90 Å². The van der Waals surface area contributed by atoms with E-state index in [1.807, 2.05) is 0 Å². The van der Waals surface area contributed by atoms with Crippen LogP contribution in [-0.2, 0) is 17.8 Å². The number of piperazine rings is 1. The second-order valence-electron chi connectivity index (χ2n) is 11.9. The predicted molar refractivity (Wildman–Crippen MR) is 165 cm³/mol. The van der Waals surface area contributed by atoms with Crippen molar-refractivity contribution in [1.82, 2.24) is 19.8 Å². The number of amides is 1. The molecule has 42 heavy (non-hydrogen) atoms. The molecule has 2 fully saturated rings. The molecule has 2 aromatic carbocycles. The third kappa shape index (κ3) is 5.51. The van der Waals surface area contributed by atoms with Crippen LogP contribution in [0.4, 0.5) is 11.5 Å². The summed E-state index contributed by atoms with van der Waals surface area (Å²) < 4.78 is 6.33. The number of likely N-dealkylation sites (N-methyl/N-ethyl adjacent to an activating group) is 1. The van der Waals surface area contributed by atoms with Gasteiger partial charge in [0.15, 0.2) is 0 Å².